The van der Waals surface area contributed by atoms with Gasteiger partial charge in [0.25, 0.3) is 0 Å². The van der Waals surface area contributed by atoms with E-state index in [0.29, 0.717) is 12.8 Å². The number of carbonyl (C=O) groups excluding carboxylic acids is 2. The minimum absolute atomic E-state index is 0.235. The fraction of sp³-hybridized carbons (Fsp3) is 0.833. The lowest BCUT2D eigenvalue weighted by atomic mass is 10.1. The summed E-state index contributed by atoms with van der Waals surface area (Å²) in [7, 11) is 0. The van der Waals surface area contributed by atoms with Crippen LogP contribution in [0.5, 0.6) is 0 Å². The minimum atomic E-state index is -1.59. The zero-order valence-corrected chi connectivity index (χ0v) is 16.1. The second-order valence-electron chi connectivity index (χ2n) is 4.47. The molecular weight excluding hydrogens is 421 g/mol. The molecule has 0 aromatic heterocycles. The Morgan fingerprint density at radius 3 is 1.23 bits per heavy atom. The van der Waals surface area contributed by atoms with Gasteiger partial charge in [0.15, 0.2) is 0 Å². The van der Waals surface area contributed by atoms with Crippen LogP contribution in [0.3, 0.4) is 0 Å². The van der Waals surface area contributed by atoms with Crippen molar-refractivity contribution in [3.63, 3.8) is 0 Å². The summed E-state index contributed by atoms with van der Waals surface area (Å²) in [5.41, 5.74) is 0. The minimum Gasteiger partial charge on any atom is -0.461 e. The maximum Gasteiger partial charge on any atom is 0.305 e. The van der Waals surface area contributed by atoms with Crippen molar-refractivity contribution >= 4 is 81.5 Å². The molecule has 0 saturated heterocycles. The highest BCUT2D eigenvalue weighted by molar-refractivity contribution is 6.68. The molecule has 0 aromatic rings. The summed E-state index contributed by atoms with van der Waals surface area (Å²) < 4.78 is 6.35. The first-order chi connectivity index (χ1) is 9.99. The Morgan fingerprint density at radius 1 is 0.636 bits per heavy atom. The summed E-state index contributed by atoms with van der Waals surface area (Å²) in [6.07, 6.45) is 3.25. The van der Waals surface area contributed by atoms with Crippen LogP contribution in [0.25, 0.3) is 0 Å². The molecule has 0 fully saturated rings. The number of rotatable bonds is 9. The smallest absolute Gasteiger partial charge is 0.305 e. The number of carbonyl (C=O) groups is 2. The summed E-state index contributed by atoms with van der Waals surface area (Å²) >= 11 is 32.7. The van der Waals surface area contributed by atoms with E-state index >= 15 is 0 Å². The Hall–Kier alpha value is 0.680. The maximum atomic E-state index is 11.3. The van der Waals surface area contributed by atoms with E-state index in [9.17, 15) is 9.59 Å². The number of hydrogen-bond donors (Lipinski definition) is 0. The Bertz CT molecular complexity index is 317. The molecular formula is C12H16Cl6O4. The summed E-state index contributed by atoms with van der Waals surface area (Å²) in [5, 5.41) is 0. The Kier molecular flexibility index (Phi) is 11.6. The molecule has 0 amide bonds. The molecule has 0 radical (unpaired) electrons. The first-order valence-electron chi connectivity index (χ1n) is 6.44. The fourth-order valence-corrected chi connectivity index (χ4v) is 1.69. The van der Waals surface area contributed by atoms with Crippen molar-refractivity contribution in [3.05, 3.63) is 0 Å². The highest BCUT2D eigenvalue weighted by Crippen LogP contribution is 2.26. The lowest BCUT2D eigenvalue weighted by Gasteiger charge is -2.11. The number of unbranched alkanes of at least 4 members (excludes halogenated alkanes) is 3. The molecule has 130 valence electrons. The molecule has 0 aliphatic heterocycles. The van der Waals surface area contributed by atoms with Crippen LogP contribution in [-0.2, 0) is 19.1 Å². The van der Waals surface area contributed by atoms with Gasteiger partial charge < -0.3 is 9.47 Å². The summed E-state index contributed by atoms with van der Waals surface area (Å²) in [5.74, 6) is -0.846. The molecule has 22 heavy (non-hydrogen) atoms. The average molecular weight is 437 g/mol. The highest BCUT2D eigenvalue weighted by atomic mass is 35.6. The van der Waals surface area contributed by atoms with Gasteiger partial charge in [0.05, 0.1) is 0 Å². The standard InChI is InChI=1S/C12H16Cl6O4/c13-11(14,15)7-21-9(19)5-3-1-2-4-6-10(20)22-8-12(16,17)18/h1-8H2. The lowest BCUT2D eigenvalue weighted by Crippen LogP contribution is -2.17. The molecule has 0 heterocycles. The molecule has 0 aromatic carbocycles. The van der Waals surface area contributed by atoms with E-state index in [1.807, 2.05) is 0 Å². The van der Waals surface area contributed by atoms with E-state index in [1.165, 1.54) is 0 Å². The van der Waals surface area contributed by atoms with Gasteiger partial charge in [0.1, 0.15) is 13.2 Å². The van der Waals surface area contributed by atoms with Gasteiger partial charge in [-0.2, -0.15) is 0 Å². The Morgan fingerprint density at radius 2 is 0.955 bits per heavy atom. The average Bonchev–Trinajstić information content (AvgIpc) is 2.36. The van der Waals surface area contributed by atoms with Crippen LogP contribution in [0.1, 0.15) is 38.5 Å². The van der Waals surface area contributed by atoms with E-state index in [2.05, 4.69) is 0 Å². The predicted octanol–water partition coefficient (Wildman–Crippen LogP) is 5.15. The molecule has 0 aliphatic carbocycles. The third-order valence-electron chi connectivity index (χ3n) is 2.31. The monoisotopic (exact) mass is 434 g/mol. The van der Waals surface area contributed by atoms with Gasteiger partial charge >= 0.3 is 11.9 Å². The number of halogens is 6. The lowest BCUT2D eigenvalue weighted by molar-refractivity contribution is -0.144. The molecule has 0 saturated carbocycles. The van der Waals surface area contributed by atoms with Crippen LogP contribution in [0.15, 0.2) is 0 Å². The van der Waals surface area contributed by atoms with E-state index in [4.69, 9.17) is 79.1 Å². The molecule has 4 nitrogen and oxygen atoms in total. The molecule has 0 unspecified atom stereocenters. The van der Waals surface area contributed by atoms with Crippen molar-refractivity contribution in [2.24, 2.45) is 0 Å². The SMILES string of the molecule is O=C(CCCCCCC(=O)OCC(Cl)(Cl)Cl)OCC(Cl)(Cl)Cl. The Labute approximate surface area is 159 Å². The fourth-order valence-electron chi connectivity index (χ4n) is 1.36. The third-order valence-corrected chi connectivity index (χ3v) is 2.96. The molecule has 0 spiro atoms. The van der Waals surface area contributed by atoms with Gasteiger partial charge in [-0.25, -0.2) is 0 Å². The number of alkyl halides is 6. The van der Waals surface area contributed by atoms with Crippen molar-refractivity contribution < 1.29 is 19.1 Å². The van der Waals surface area contributed by atoms with E-state index in [1.54, 1.807) is 0 Å². The third kappa shape index (κ3) is 17.0. The van der Waals surface area contributed by atoms with Crippen LogP contribution >= 0.6 is 69.6 Å². The summed E-state index contributed by atoms with van der Waals surface area (Å²) in [6, 6.07) is 0. The molecule has 0 bridgehead atoms. The van der Waals surface area contributed by atoms with E-state index < -0.39 is 19.5 Å². The normalized spacial score (nSPS) is 12.1. The zero-order chi connectivity index (χ0) is 17.2. The quantitative estimate of drug-likeness (QED) is 0.285. The first kappa shape index (κ1) is 22.7. The molecule has 0 rings (SSSR count). The topological polar surface area (TPSA) is 52.6 Å². The second-order valence-corrected chi connectivity index (χ2v) is 9.50. The van der Waals surface area contributed by atoms with Crippen LogP contribution < -0.4 is 0 Å². The van der Waals surface area contributed by atoms with Crippen LogP contribution in [-0.4, -0.2) is 32.7 Å². The summed E-state index contributed by atoms with van der Waals surface area (Å²) in [6.45, 7) is -0.545. The largest absolute Gasteiger partial charge is 0.461 e. The van der Waals surface area contributed by atoms with Gasteiger partial charge in [-0.1, -0.05) is 82.4 Å². The van der Waals surface area contributed by atoms with Crippen LogP contribution in [0.4, 0.5) is 0 Å². The van der Waals surface area contributed by atoms with Crippen LogP contribution in [0, 0.1) is 0 Å². The second kappa shape index (κ2) is 11.3. The summed E-state index contributed by atoms with van der Waals surface area (Å²) in [4.78, 5) is 22.6. The first-order valence-corrected chi connectivity index (χ1v) is 8.71. The van der Waals surface area contributed by atoms with E-state index in [-0.39, 0.29) is 26.1 Å². The van der Waals surface area contributed by atoms with Gasteiger partial charge in [0.2, 0.25) is 7.59 Å². The maximum absolute atomic E-state index is 11.3. The van der Waals surface area contributed by atoms with Gasteiger partial charge in [-0.15, -0.1) is 0 Å². The predicted molar refractivity (Wildman–Crippen MR) is 90.2 cm³/mol. The van der Waals surface area contributed by atoms with Gasteiger partial charge in [-0.3, -0.25) is 9.59 Å². The van der Waals surface area contributed by atoms with Crippen LogP contribution in [0.2, 0.25) is 0 Å². The van der Waals surface area contributed by atoms with Gasteiger partial charge in [-0.05, 0) is 12.8 Å². The molecule has 10 heteroatoms. The van der Waals surface area contributed by atoms with Crippen molar-refractivity contribution in [2.45, 2.75) is 46.1 Å². The number of ether oxygens (including phenoxy) is 2. The van der Waals surface area contributed by atoms with Crippen molar-refractivity contribution in [1.29, 1.82) is 0 Å². The molecule has 0 atom stereocenters. The van der Waals surface area contributed by atoms with E-state index in [0.717, 1.165) is 12.8 Å². The molecule has 0 aliphatic rings. The number of esters is 2. The van der Waals surface area contributed by atoms with Crippen molar-refractivity contribution in [3.8, 4) is 0 Å². The van der Waals surface area contributed by atoms with Crippen molar-refractivity contribution in [2.75, 3.05) is 13.2 Å². The zero-order valence-electron chi connectivity index (χ0n) is 11.6. The Balaban J connectivity index is 3.50. The van der Waals surface area contributed by atoms with Crippen molar-refractivity contribution in [1.82, 2.24) is 0 Å². The molecule has 0 N–H and O–H groups in total. The van der Waals surface area contributed by atoms with Gasteiger partial charge in [0, 0.05) is 12.8 Å². The highest BCUT2D eigenvalue weighted by Gasteiger charge is 2.22. The number of hydrogen-bond acceptors (Lipinski definition) is 4.